The number of nitrogens with one attached hydrogen (secondary N) is 1. The second kappa shape index (κ2) is 8.57. The number of benzene rings is 1. The second-order valence-corrected chi connectivity index (χ2v) is 5.94. The Hall–Kier alpha value is -2.24. The Morgan fingerprint density at radius 3 is 2.71 bits per heavy atom. The predicted octanol–water partition coefficient (Wildman–Crippen LogP) is 2.82. The van der Waals surface area contributed by atoms with Crippen molar-refractivity contribution in [1.29, 1.82) is 0 Å². The molecule has 0 aromatic heterocycles. The number of hydrogen-bond acceptors (Lipinski definition) is 4. The SMILES string of the molecule is CCC1CCCCN1C(=O)CC(=O)Nc1ccc(OC)cc1OC. The zero-order chi connectivity index (χ0) is 17.5. The van der Waals surface area contributed by atoms with E-state index in [0.29, 0.717) is 17.2 Å². The molecule has 0 aliphatic carbocycles. The maximum Gasteiger partial charge on any atom is 0.233 e. The Morgan fingerprint density at radius 2 is 2.04 bits per heavy atom. The van der Waals surface area contributed by atoms with Crippen molar-refractivity contribution in [3.8, 4) is 11.5 Å². The van der Waals surface area contributed by atoms with E-state index in [4.69, 9.17) is 9.47 Å². The van der Waals surface area contributed by atoms with Gasteiger partial charge >= 0.3 is 0 Å². The first-order valence-corrected chi connectivity index (χ1v) is 8.40. The van der Waals surface area contributed by atoms with Gasteiger partial charge in [-0.2, -0.15) is 0 Å². The first-order valence-electron chi connectivity index (χ1n) is 8.40. The molecule has 1 fully saturated rings. The molecule has 1 aromatic rings. The molecular formula is C18H26N2O4. The molecule has 0 bridgehead atoms. The minimum atomic E-state index is -0.330. The molecule has 6 nitrogen and oxygen atoms in total. The molecule has 1 aliphatic rings. The van der Waals surface area contributed by atoms with Crippen molar-refractivity contribution in [1.82, 2.24) is 4.90 Å². The van der Waals surface area contributed by atoms with Crippen LogP contribution in [0.5, 0.6) is 11.5 Å². The number of rotatable bonds is 6. The molecule has 1 atom stereocenters. The fourth-order valence-corrected chi connectivity index (χ4v) is 3.09. The van der Waals surface area contributed by atoms with Gasteiger partial charge in [-0.1, -0.05) is 6.92 Å². The minimum absolute atomic E-state index is 0.105. The Bertz CT molecular complexity index is 588. The van der Waals surface area contributed by atoms with Gasteiger partial charge in [-0.3, -0.25) is 9.59 Å². The molecule has 1 N–H and O–H groups in total. The van der Waals surface area contributed by atoms with Crippen LogP contribution in [0.3, 0.4) is 0 Å². The third kappa shape index (κ3) is 4.40. The lowest BCUT2D eigenvalue weighted by Crippen LogP contribution is -2.44. The summed E-state index contributed by atoms with van der Waals surface area (Å²) in [6.45, 7) is 2.83. The quantitative estimate of drug-likeness (QED) is 0.812. The van der Waals surface area contributed by atoms with Crippen LogP contribution in [0.15, 0.2) is 18.2 Å². The molecule has 0 spiro atoms. The number of amides is 2. The van der Waals surface area contributed by atoms with Crippen LogP contribution in [0.25, 0.3) is 0 Å². The molecule has 24 heavy (non-hydrogen) atoms. The van der Waals surface area contributed by atoms with Gasteiger partial charge in [0.05, 0.1) is 19.9 Å². The zero-order valence-electron chi connectivity index (χ0n) is 14.6. The number of likely N-dealkylation sites (tertiary alicyclic amines) is 1. The van der Waals surface area contributed by atoms with Gasteiger partial charge in [-0.15, -0.1) is 0 Å². The largest absolute Gasteiger partial charge is 0.497 e. The summed E-state index contributed by atoms with van der Waals surface area (Å²) in [4.78, 5) is 26.5. The summed E-state index contributed by atoms with van der Waals surface area (Å²) in [5, 5.41) is 2.75. The maximum absolute atomic E-state index is 12.4. The highest BCUT2D eigenvalue weighted by molar-refractivity contribution is 6.04. The Labute approximate surface area is 143 Å². The summed E-state index contributed by atoms with van der Waals surface area (Å²) in [6, 6.07) is 5.39. The van der Waals surface area contributed by atoms with Crippen LogP contribution in [0.1, 0.15) is 39.0 Å². The van der Waals surface area contributed by atoms with E-state index >= 15 is 0 Å². The lowest BCUT2D eigenvalue weighted by atomic mass is 9.99. The molecule has 1 aromatic carbocycles. The molecule has 2 rings (SSSR count). The van der Waals surface area contributed by atoms with Crippen molar-refractivity contribution in [2.24, 2.45) is 0 Å². The van der Waals surface area contributed by atoms with Gasteiger partial charge in [0.2, 0.25) is 11.8 Å². The van der Waals surface area contributed by atoms with Crippen LogP contribution in [0.2, 0.25) is 0 Å². The highest BCUT2D eigenvalue weighted by Crippen LogP contribution is 2.29. The third-order valence-corrected chi connectivity index (χ3v) is 4.41. The van der Waals surface area contributed by atoms with E-state index in [1.165, 1.54) is 7.11 Å². The lowest BCUT2D eigenvalue weighted by molar-refractivity contribution is -0.137. The van der Waals surface area contributed by atoms with Crippen molar-refractivity contribution >= 4 is 17.5 Å². The van der Waals surface area contributed by atoms with E-state index in [0.717, 1.165) is 32.2 Å². The van der Waals surface area contributed by atoms with Crippen LogP contribution >= 0.6 is 0 Å². The van der Waals surface area contributed by atoms with Crippen LogP contribution in [0, 0.1) is 0 Å². The van der Waals surface area contributed by atoms with Crippen LogP contribution in [-0.2, 0) is 9.59 Å². The van der Waals surface area contributed by atoms with Gasteiger partial charge in [-0.25, -0.2) is 0 Å². The van der Waals surface area contributed by atoms with E-state index in [9.17, 15) is 9.59 Å². The third-order valence-electron chi connectivity index (χ3n) is 4.41. The highest BCUT2D eigenvalue weighted by Gasteiger charge is 2.26. The predicted molar refractivity (Wildman–Crippen MR) is 92.4 cm³/mol. The summed E-state index contributed by atoms with van der Waals surface area (Å²) in [5.74, 6) is 0.704. The van der Waals surface area contributed by atoms with Gasteiger partial charge < -0.3 is 19.7 Å². The maximum atomic E-state index is 12.4. The topological polar surface area (TPSA) is 67.9 Å². The summed E-state index contributed by atoms with van der Waals surface area (Å²) in [5.41, 5.74) is 0.529. The number of piperidine rings is 1. The minimum Gasteiger partial charge on any atom is -0.497 e. The van der Waals surface area contributed by atoms with Crippen molar-refractivity contribution in [3.05, 3.63) is 18.2 Å². The number of carbonyl (C=O) groups excluding carboxylic acids is 2. The monoisotopic (exact) mass is 334 g/mol. The zero-order valence-corrected chi connectivity index (χ0v) is 14.6. The number of ether oxygens (including phenoxy) is 2. The molecule has 1 saturated heterocycles. The van der Waals surface area contributed by atoms with Crippen molar-refractivity contribution in [2.75, 3.05) is 26.1 Å². The van der Waals surface area contributed by atoms with Gasteiger partial charge in [-0.05, 0) is 37.8 Å². The van der Waals surface area contributed by atoms with E-state index in [1.807, 2.05) is 4.90 Å². The van der Waals surface area contributed by atoms with Gasteiger partial charge in [0.1, 0.15) is 17.9 Å². The Balaban J connectivity index is 1.98. The van der Waals surface area contributed by atoms with E-state index in [-0.39, 0.29) is 24.3 Å². The van der Waals surface area contributed by atoms with Crippen LogP contribution in [-0.4, -0.2) is 43.5 Å². The van der Waals surface area contributed by atoms with E-state index in [2.05, 4.69) is 12.2 Å². The smallest absolute Gasteiger partial charge is 0.233 e. The van der Waals surface area contributed by atoms with Crippen molar-refractivity contribution in [2.45, 2.75) is 45.1 Å². The molecule has 1 aliphatic heterocycles. The number of methoxy groups -OCH3 is 2. The fourth-order valence-electron chi connectivity index (χ4n) is 3.09. The summed E-state index contributed by atoms with van der Waals surface area (Å²) in [7, 11) is 3.09. The van der Waals surface area contributed by atoms with Crippen molar-refractivity contribution in [3.63, 3.8) is 0 Å². The van der Waals surface area contributed by atoms with E-state index in [1.54, 1.807) is 25.3 Å². The van der Waals surface area contributed by atoms with Crippen molar-refractivity contribution < 1.29 is 19.1 Å². The highest BCUT2D eigenvalue weighted by atomic mass is 16.5. The number of hydrogen-bond donors (Lipinski definition) is 1. The molecule has 2 amide bonds. The van der Waals surface area contributed by atoms with Gasteiger partial charge in [0.15, 0.2) is 0 Å². The average molecular weight is 334 g/mol. The van der Waals surface area contributed by atoms with E-state index < -0.39 is 0 Å². The molecule has 1 unspecified atom stereocenters. The molecular weight excluding hydrogens is 308 g/mol. The summed E-state index contributed by atoms with van der Waals surface area (Å²) >= 11 is 0. The standard InChI is InChI=1S/C18H26N2O4/c1-4-13-7-5-6-10-20(13)18(22)12-17(21)19-15-9-8-14(23-2)11-16(15)24-3/h8-9,11,13H,4-7,10,12H2,1-3H3,(H,19,21). The summed E-state index contributed by atoms with van der Waals surface area (Å²) < 4.78 is 10.4. The second-order valence-electron chi connectivity index (χ2n) is 5.94. The normalized spacial score (nSPS) is 17.3. The number of nitrogens with zero attached hydrogens (tertiary/aromatic N) is 1. The summed E-state index contributed by atoms with van der Waals surface area (Å²) in [6.07, 6.45) is 3.97. The molecule has 0 radical (unpaired) electrons. The first kappa shape index (κ1) is 18.1. The Kier molecular flexibility index (Phi) is 6.46. The van der Waals surface area contributed by atoms with Crippen LogP contribution < -0.4 is 14.8 Å². The molecule has 6 heteroatoms. The first-order chi connectivity index (χ1) is 11.6. The van der Waals surface area contributed by atoms with Crippen LogP contribution in [0.4, 0.5) is 5.69 Å². The lowest BCUT2D eigenvalue weighted by Gasteiger charge is -2.35. The van der Waals surface area contributed by atoms with Gasteiger partial charge in [0, 0.05) is 18.7 Å². The Morgan fingerprint density at radius 1 is 1.25 bits per heavy atom. The average Bonchev–Trinajstić information content (AvgIpc) is 2.61. The van der Waals surface area contributed by atoms with Gasteiger partial charge in [0.25, 0.3) is 0 Å². The molecule has 0 saturated carbocycles. The fraction of sp³-hybridized carbons (Fsp3) is 0.556. The number of anilines is 1. The number of carbonyl (C=O) groups is 2. The molecule has 1 heterocycles. The molecule has 132 valence electrons.